The van der Waals surface area contributed by atoms with Gasteiger partial charge in [0.15, 0.2) is 5.44 Å². The molecule has 1 aromatic heterocycles. The molecular formula is C19H21NO3S. The highest BCUT2D eigenvalue weighted by Crippen LogP contribution is 2.37. The Morgan fingerprint density at radius 3 is 2.58 bits per heavy atom. The molecule has 126 valence electrons. The Bertz CT molecular complexity index is 885. The van der Waals surface area contributed by atoms with Crippen LogP contribution >= 0.6 is 11.8 Å². The Morgan fingerprint density at radius 1 is 1.17 bits per heavy atom. The zero-order valence-corrected chi connectivity index (χ0v) is 15.1. The van der Waals surface area contributed by atoms with E-state index in [-0.39, 0.29) is 11.3 Å². The van der Waals surface area contributed by atoms with Gasteiger partial charge < -0.3 is 14.5 Å². The molecular weight excluding hydrogens is 322 g/mol. The van der Waals surface area contributed by atoms with Gasteiger partial charge in [0.1, 0.15) is 16.9 Å². The average Bonchev–Trinajstić information content (AvgIpc) is 2.90. The first-order valence-electron chi connectivity index (χ1n) is 7.81. The van der Waals surface area contributed by atoms with Crippen molar-refractivity contribution in [1.29, 1.82) is 0 Å². The van der Waals surface area contributed by atoms with Crippen molar-refractivity contribution in [2.45, 2.75) is 31.7 Å². The number of hydrogen-bond acceptors (Lipinski definition) is 4. The molecule has 0 fully saturated rings. The van der Waals surface area contributed by atoms with Gasteiger partial charge in [0.25, 0.3) is 0 Å². The molecule has 1 amide bonds. The Morgan fingerprint density at radius 2 is 1.88 bits per heavy atom. The molecule has 0 saturated carbocycles. The van der Waals surface area contributed by atoms with Crippen LogP contribution in [0.4, 0.5) is 0 Å². The van der Waals surface area contributed by atoms with Crippen molar-refractivity contribution in [3.63, 3.8) is 0 Å². The number of hydrogen-bond donors (Lipinski definition) is 1. The van der Waals surface area contributed by atoms with E-state index in [1.165, 1.54) is 6.92 Å². The van der Waals surface area contributed by atoms with Gasteiger partial charge >= 0.3 is 0 Å². The van der Waals surface area contributed by atoms with Crippen LogP contribution < -0.4 is 10.1 Å². The lowest BCUT2D eigenvalue weighted by Crippen LogP contribution is -2.52. The molecule has 24 heavy (non-hydrogen) atoms. The van der Waals surface area contributed by atoms with Crippen molar-refractivity contribution >= 4 is 39.6 Å². The highest BCUT2D eigenvalue weighted by molar-refractivity contribution is 7.99. The Balaban J connectivity index is 2.04. The first-order chi connectivity index (χ1) is 11.4. The summed E-state index contributed by atoms with van der Waals surface area (Å²) in [6.45, 7) is 5.44. The summed E-state index contributed by atoms with van der Waals surface area (Å²) in [5.74, 6) is 0.685. The van der Waals surface area contributed by atoms with E-state index in [1.54, 1.807) is 11.8 Å². The van der Waals surface area contributed by atoms with Crippen LogP contribution in [0.3, 0.4) is 0 Å². The molecule has 3 aromatic rings. The van der Waals surface area contributed by atoms with Crippen LogP contribution in [0.15, 0.2) is 46.9 Å². The number of benzene rings is 2. The van der Waals surface area contributed by atoms with Gasteiger partial charge in [0, 0.05) is 12.3 Å². The van der Waals surface area contributed by atoms with Gasteiger partial charge in [-0.25, -0.2) is 0 Å². The molecule has 0 aliphatic carbocycles. The molecule has 0 radical (unpaired) electrons. The van der Waals surface area contributed by atoms with Gasteiger partial charge in [0.2, 0.25) is 5.91 Å². The normalized spacial score (nSPS) is 13.2. The predicted molar refractivity (Wildman–Crippen MR) is 99.5 cm³/mol. The van der Waals surface area contributed by atoms with Crippen LogP contribution in [0, 0.1) is 0 Å². The van der Waals surface area contributed by atoms with Crippen molar-refractivity contribution in [3.05, 3.63) is 42.5 Å². The van der Waals surface area contributed by atoms with E-state index in [9.17, 15) is 4.79 Å². The highest BCUT2D eigenvalue weighted by atomic mass is 32.2. The number of fused-ring (bicyclic) bond motifs is 3. The zero-order valence-electron chi connectivity index (χ0n) is 14.3. The molecule has 4 nitrogen and oxygen atoms in total. The minimum absolute atomic E-state index is 0.0744. The number of furan rings is 1. The second kappa shape index (κ2) is 6.40. The Labute approximate surface area is 145 Å². The van der Waals surface area contributed by atoms with E-state index in [0.29, 0.717) is 0 Å². The third-order valence-electron chi connectivity index (χ3n) is 3.90. The van der Waals surface area contributed by atoms with E-state index >= 15 is 0 Å². The minimum atomic E-state index is -0.507. The second-order valence-corrected chi connectivity index (χ2v) is 7.22. The van der Waals surface area contributed by atoms with Crippen molar-refractivity contribution in [1.82, 2.24) is 5.32 Å². The van der Waals surface area contributed by atoms with Gasteiger partial charge in [0.05, 0.1) is 10.9 Å². The van der Waals surface area contributed by atoms with Crippen molar-refractivity contribution in [2.75, 3.05) is 6.26 Å². The van der Waals surface area contributed by atoms with E-state index in [1.807, 2.05) is 62.6 Å². The molecule has 1 unspecified atom stereocenters. The fourth-order valence-electron chi connectivity index (χ4n) is 2.96. The molecule has 1 atom stereocenters. The summed E-state index contributed by atoms with van der Waals surface area (Å²) in [6, 6.07) is 13.7. The molecule has 5 heteroatoms. The third-order valence-corrected chi connectivity index (χ3v) is 5.01. The van der Waals surface area contributed by atoms with Crippen LogP contribution in [-0.4, -0.2) is 23.1 Å². The lowest BCUT2D eigenvalue weighted by atomic mass is 10.1. The number of carbonyl (C=O) groups excluding carboxylic acids is 1. The standard InChI is InChI=1S/C19H21NO3S/c1-12(21)20-19(2,3)18(24-4)23-16-11-7-10-15-17(16)13-8-5-6-9-14(13)22-15/h5-11,18H,1-4H3,(H,20,21). The molecule has 1 N–H and O–H groups in total. The van der Waals surface area contributed by atoms with Crippen LogP contribution in [0.2, 0.25) is 0 Å². The van der Waals surface area contributed by atoms with Gasteiger partial charge in [-0.1, -0.05) is 24.3 Å². The molecule has 0 spiro atoms. The number of nitrogens with one attached hydrogen (secondary N) is 1. The quantitative estimate of drug-likeness (QED) is 0.690. The maximum Gasteiger partial charge on any atom is 0.217 e. The van der Waals surface area contributed by atoms with Gasteiger partial charge in [-0.15, -0.1) is 11.8 Å². The summed E-state index contributed by atoms with van der Waals surface area (Å²) in [5.41, 5.74) is 0.893. The largest absolute Gasteiger partial charge is 0.477 e. The predicted octanol–water partition coefficient (Wildman–Crippen LogP) is 4.57. The molecule has 0 saturated heterocycles. The SMILES string of the molecule is CSC(Oc1cccc2oc3ccccc3c12)C(C)(C)NC(C)=O. The van der Waals surface area contributed by atoms with Crippen LogP contribution in [0.5, 0.6) is 5.75 Å². The molecule has 0 aliphatic rings. The molecule has 2 aromatic carbocycles. The number of amides is 1. The topological polar surface area (TPSA) is 51.5 Å². The summed E-state index contributed by atoms with van der Waals surface area (Å²) in [6.07, 6.45) is 1.97. The molecule has 1 heterocycles. The van der Waals surface area contributed by atoms with E-state index in [0.717, 1.165) is 27.7 Å². The fourth-order valence-corrected chi connectivity index (χ4v) is 3.81. The maximum atomic E-state index is 11.5. The Kier molecular flexibility index (Phi) is 4.45. The molecule has 0 aliphatic heterocycles. The average molecular weight is 343 g/mol. The van der Waals surface area contributed by atoms with E-state index in [2.05, 4.69) is 5.32 Å². The van der Waals surface area contributed by atoms with Crippen molar-refractivity contribution in [2.24, 2.45) is 0 Å². The molecule has 0 bridgehead atoms. The maximum absolute atomic E-state index is 11.5. The number of para-hydroxylation sites is 1. The lowest BCUT2D eigenvalue weighted by molar-refractivity contribution is -0.121. The lowest BCUT2D eigenvalue weighted by Gasteiger charge is -2.34. The summed E-state index contributed by atoms with van der Waals surface area (Å²) < 4.78 is 12.2. The van der Waals surface area contributed by atoms with Crippen LogP contribution in [0.1, 0.15) is 20.8 Å². The smallest absolute Gasteiger partial charge is 0.217 e. The highest BCUT2D eigenvalue weighted by Gasteiger charge is 2.32. The van der Waals surface area contributed by atoms with Crippen LogP contribution in [0.25, 0.3) is 21.9 Å². The number of rotatable bonds is 5. The van der Waals surface area contributed by atoms with Crippen molar-refractivity contribution < 1.29 is 13.9 Å². The number of carbonyl (C=O) groups is 1. The third kappa shape index (κ3) is 3.08. The summed E-state index contributed by atoms with van der Waals surface area (Å²) >= 11 is 1.56. The van der Waals surface area contributed by atoms with Crippen molar-refractivity contribution in [3.8, 4) is 5.75 Å². The Hall–Kier alpha value is -2.14. The molecule has 3 rings (SSSR count). The monoisotopic (exact) mass is 343 g/mol. The minimum Gasteiger partial charge on any atom is -0.477 e. The summed E-state index contributed by atoms with van der Waals surface area (Å²) in [4.78, 5) is 11.5. The number of thioether (sulfide) groups is 1. The summed E-state index contributed by atoms with van der Waals surface area (Å²) in [5, 5.41) is 4.95. The van der Waals surface area contributed by atoms with E-state index in [4.69, 9.17) is 9.15 Å². The second-order valence-electron chi connectivity index (χ2n) is 6.32. The van der Waals surface area contributed by atoms with Gasteiger partial charge in [-0.2, -0.15) is 0 Å². The number of ether oxygens (including phenoxy) is 1. The summed E-state index contributed by atoms with van der Waals surface area (Å²) in [7, 11) is 0. The van der Waals surface area contributed by atoms with Gasteiger partial charge in [-0.3, -0.25) is 4.79 Å². The van der Waals surface area contributed by atoms with Gasteiger partial charge in [-0.05, 0) is 38.3 Å². The van der Waals surface area contributed by atoms with Crippen LogP contribution in [-0.2, 0) is 4.79 Å². The first-order valence-corrected chi connectivity index (χ1v) is 9.09. The first kappa shape index (κ1) is 16.7. The van der Waals surface area contributed by atoms with E-state index < -0.39 is 5.54 Å². The zero-order chi connectivity index (χ0) is 17.3. The fraction of sp³-hybridized carbons (Fsp3) is 0.316.